The van der Waals surface area contributed by atoms with Gasteiger partial charge in [-0.2, -0.15) is 0 Å². The minimum Gasteiger partial charge on any atom is -0.385 e. The predicted molar refractivity (Wildman–Crippen MR) is 131 cm³/mol. The lowest BCUT2D eigenvalue weighted by molar-refractivity contribution is -0.189. The summed E-state index contributed by atoms with van der Waals surface area (Å²) in [5.41, 5.74) is 3.04. The highest BCUT2D eigenvalue weighted by molar-refractivity contribution is 9.09. The average molecular weight is 515 g/mol. The standard InChI is InChI=1S/C28H35BrO4/c1-14-19-16(13-17(30)21(14)31)7-8-18-25(19,3)9-12-28(6)23-20(29)15(2)22(32)24(33)26(23,4)10-11-27(18,28)5/h7-8,15,20,23-24,33H,9-13H2,1-6H3. The second-order valence-electron chi connectivity index (χ2n) is 12.3. The summed E-state index contributed by atoms with van der Waals surface area (Å²) in [5.74, 6) is -0.766. The number of ketones is 3. The molecule has 33 heavy (non-hydrogen) atoms. The van der Waals surface area contributed by atoms with Crippen molar-refractivity contribution in [3.63, 3.8) is 0 Å². The Labute approximate surface area is 205 Å². The van der Waals surface area contributed by atoms with Gasteiger partial charge < -0.3 is 5.11 Å². The van der Waals surface area contributed by atoms with Gasteiger partial charge in [-0.1, -0.05) is 68.3 Å². The van der Waals surface area contributed by atoms with E-state index >= 15 is 0 Å². The van der Waals surface area contributed by atoms with Crippen molar-refractivity contribution in [2.24, 2.45) is 33.5 Å². The smallest absolute Gasteiger partial charge is 0.224 e. The Kier molecular flexibility index (Phi) is 4.88. The average Bonchev–Trinajstić information content (AvgIpc) is 2.76. The van der Waals surface area contributed by atoms with Gasteiger partial charge in [-0.25, -0.2) is 0 Å². The van der Waals surface area contributed by atoms with Crippen LogP contribution < -0.4 is 0 Å². The molecule has 0 aromatic rings. The molecule has 0 spiro atoms. The molecule has 0 aromatic heterocycles. The fraction of sp³-hybridized carbons (Fsp3) is 0.679. The second kappa shape index (κ2) is 6.87. The van der Waals surface area contributed by atoms with Crippen LogP contribution in [0.1, 0.15) is 73.6 Å². The van der Waals surface area contributed by atoms with Crippen molar-refractivity contribution < 1.29 is 19.5 Å². The molecular weight excluding hydrogens is 480 g/mol. The molecule has 5 aliphatic rings. The number of alkyl halides is 1. The fourth-order valence-electron chi connectivity index (χ4n) is 8.83. The van der Waals surface area contributed by atoms with Crippen LogP contribution in [-0.2, 0) is 14.4 Å². The van der Waals surface area contributed by atoms with Crippen LogP contribution in [0, 0.1) is 33.5 Å². The molecule has 0 radical (unpaired) electrons. The van der Waals surface area contributed by atoms with E-state index in [9.17, 15) is 19.5 Å². The van der Waals surface area contributed by atoms with Gasteiger partial charge in [0.05, 0.1) is 0 Å². The van der Waals surface area contributed by atoms with Gasteiger partial charge in [0.15, 0.2) is 5.78 Å². The molecule has 178 valence electrons. The molecule has 8 unspecified atom stereocenters. The Hall–Kier alpha value is -1.33. The van der Waals surface area contributed by atoms with E-state index in [0.29, 0.717) is 5.57 Å². The first kappa shape index (κ1) is 23.4. The summed E-state index contributed by atoms with van der Waals surface area (Å²) >= 11 is 3.95. The van der Waals surface area contributed by atoms with Crippen LogP contribution in [0.5, 0.6) is 0 Å². The van der Waals surface area contributed by atoms with Gasteiger partial charge in [0.2, 0.25) is 11.6 Å². The predicted octanol–water partition coefficient (Wildman–Crippen LogP) is 5.28. The summed E-state index contributed by atoms with van der Waals surface area (Å²) in [6.45, 7) is 12.9. The number of carbonyl (C=O) groups is 3. The monoisotopic (exact) mass is 514 g/mol. The van der Waals surface area contributed by atoms with Crippen molar-refractivity contribution >= 4 is 33.3 Å². The normalized spacial score (nSPS) is 49.5. The van der Waals surface area contributed by atoms with Gasteiger partial charge >= 0.3 is 0 Å². The number of allylic oxidation sites excluding steroid dienone is 6. The van der Waals surface area contributed by atoms with Crippen LogP contribution in [0.3, 0.4) is 0 Å². The van der Waals surface area contributed by atoms with Crippen molar-refractivity contribution in [3.05, 3.63) is 34.4 Å². The topological polar surface area (TPSA) is 71.4 Å². The van der Waals surface area contributed by atoms with Gasteiger partial charge in [0.1, 0.15) is 6.10 Å². The summed E-state index contributed by atoms with van der Waals surface area (Å²) in [7, 11) is 0. The quantitative estimate of drug-likeness (QED) is 0.352. The zero-order valence-electron chi connectivity index (χ0n) is 20.5. The molecule has 0 heterocycles. The first-order valence-electron chi connectivity index (χ1n) is 12.3. The molecule has 0 bridgehead atoms. The molecule has 1 N–H and O–H groups in total. The number of hydrogen-bond acceptors (Lipinski definition) is 4. The number of hydrogen-bond donors (Lipinski definition) is 1. The summed E-state index contributed by atoms with van der Waals surface area (Å²) in [6, 6.07) is 0. The van der Waals surface area contributed by atoms with Gasteiger partial charge in [0.25, 0.3) is 0 Å². The van der Waals surface area contributed by atoms with Gasteiger partial charge in [-0.05, 0) is 60.5 Å². The summed E-state index contributed by atoms with van der Waals surface area (Å²) in [6.07, 6.45) is 7.10. The highest BCUT2D eigenvalue weighted by Crippen LogP contribution is 2.75. The number of rotatable bonds is 0. The summed E-state index contributed by atoms with van der Waals surface area (Å²) < 4.78 is 0. The highest BCUT2D eigenvalue weighted by atomic mass is 79.9. The highest BCUT2D eigenvalue weighted by Gasteiger charge is 2.70. The van der Waals surface area contributed by atoms with E-state index in [0.717, 1.165) is 36.8 Å². The summed E-state index contributed by atoms with van der Waals surface area (Å²) in [5, 5.41) is 11.2. The molecule has 5 heteroatoms. The van der Waals surface area contributed by atoms with Gasteiger partial charge in [-0.15, -0.1) is 0 Å². The van der Waals surface area contributed by atoms with E-state index in [1.165, 1.54) is 5.57 Å². The van der Waals surface area contributed by atoms with Crippen LogP contribution in [0.2, 0.25) is 0 Å². The lowest BCUT2D eigenvalue weighted by atomic mass is 9.34. The molecule has 0 aliphatic heterocycles. The number of aliphatic hydroxyl groups excluding tert-OH is 1. The van der Waals surface area contributed by atoms with E-state index < -0.39 is 11.5 Å². The minimum atomic E-state index is -0.931. The van der Waals surface area contributed by atoms with E-state index in [1.807, 2.05) is 13.8 Å². The van der Waals surface area contributed by atoms with E-state index in [4.69, 9.17) is 0 Å². The maximum Gasteiger partial charge on any atom is 0.224 e. The Morgan fingerprint density at radius 3 is 2.33 bits per heavy atom. The molecule has 3 saturated carbocycles. The zero-order chi connectivity index (χ0) is 24.3. The molecule has 0 saturated heterocycles. The molecular formula is C28H35BrO4. The minimum absolute atomic E-state index is 0.0116. The third-order valence-corrected chi connectivity index (χ3v) is 12.3. The number of carbonyl (C=O) groups excluding carboxylic acids is 3. The molecule has 0 aromatic carbocycles. The first-order chi connectivity index (χ1) is 15.2. The van der Waals surface area contributed by atoms with Crippen LogP contribution in [-0.4, -0.2) is 33.4 Å². The fourth-order valence-corrected chi connectivity index (χ4v) is 10.3. The van der Waals surface area contributed by atoms with E-state index in [1.54, 1.807) is 0 Å². The van der Waals surface area contributed by atoms with Crippen molar-refractivity contribution in [3.8, 4) is 0 Å². The van der Waals surface area contributed by atoms with E-state index in [-0.39, 0.29) is 56.7 Å². The Morgan fingerprint density at radius 1 is 1.00 bits per heavy atom. The van der Waals surface area contributed by atoms with Crippen LogP contribution in [0.25, 0.3) is 0 Å². The number of aliphatic hydroxyl groups is 1. The van der Waals surface area contributed by atoms with Crippen LogP contribution in [0.4, 0.5) is 0 Å². The van der Waals surface area contributed by atoms with Crippen molar-refractivity contribution in [2.45, 2.75) is 84.6 Å². The SMILES string of the molecule is CC1=C2C(=CC=C3C2(C)CCC2(C)C4C(Br)C(C)C(=O)C(O)C4(C)CCC32C)CC(=O)C1=O. The lowest BCUT2D eigenvalue weighted by Gasteiger charge is -2.70. The Balaban J connectivity index is 1.69. The van der Waals surface area contributed by atoms with E-state index in [2.05, 4.69) is 55.8 Å². The largest absolute Gasteiger partial charge is 0.385 e. The molecule has 5 aliphatic carbocycles. The number of Topliss-reactive ketones (excluding diaryl/α,β-unsaturated/α-hetero) is 3. The Bertz CT molecular complexity index is 1100. The summed E-state index contributed by atoms with van der Waals surface area (Å²) in [4.78, 5) is 37.9. The lowest BCUT2D eigenvalue weighted by Crippen LogP contribution is -2.68. The molecule has 5 rings (SSSR count). The van der Waals surface area contributed by atoms with Gasteiger partial charge in [-0.3, -0.25) is 14.4 Å². The van der Waals surface area contributed by atoms with Gasteiger partial charge in [0, 0.05) is 33.6 Å². The maximum absolute atomic E-state index is 12.9. The Morgan fingerprint density at radius 2 is 1.67 bits per heavy atom. The molecule has 0 amide bonds. The molecule has 8 atom stereocenters. The zero-order valence-corrected chi connectivity index (χ0v) is 22.1. The number of fused-ring (bicyclic) bond motifs is 7. The van der Waals surface area contributed by atoms with Crippen LogP contribution >= 0.6 is 15.9 Å². The molecule has 4 nitrogen and oxygen atoms in total. The third kappa shape index (κ3) is 2.59. The van der Waals surface area contributed by atoms with Crippen molar-refractivity contribution in [1.29, 1.82) is 0 Å². The maximum atomic E-state index is 12.9. The van der Waals surface area contributed by atoms with Crippen molar-refractivity contribution in [2.75, 3.05) is 0 Å². The third-order valence-electron chi connectivity index (χ3n) is 10.9. The second-order valence-corrected chi connectivity index (χ2v) is 13.4. The van der Waals surface area contributed by atoms with Crippen LogP contribution in [0.15, 0.2) is 34.4 Å². The van der Waals surface area contributed by atoms with Crippen molar-refractivity contribution in [1.82, 2.24) is 0 Å². The number of halogens is 1. The first-order valence-corrected chi connectivity index (χ1v) is 13.2. The molecule has 3 fully saturated rings.